The molecule has 0 bridgehead atoms. The minimum absolute atomic E-state index is 0.0858. The maximum absolute atomic E-state index is 13.4. The number of rotatable bonds is 7. The standard InChI is InChI=1S/C29H36N4O4S/c1-5-22-16-21(17-33-20(4)30-25-11-7-8-12-26(34)28(25)33)14-15-23(22)24-10-6-9-13-27(24)38(35,36)32-29-18(2)19(3)31-37-29/h6,9-10,13-16,20,25,28,30,32H,5,7-8,11-12,17H2,1-4H3. The van der Waals surface area contributed by atoms with Gasteiger partial charge in [-0.05, 0) is 62.8 Å². The molecule has 1 aliphatic carbocycles. The van der Waals surface area contributed by atoms with Gasteiger partial charge in [0.2, 0.25) is 5.88 Å². The number of benzene rings is 2. The van der Waals surface area contributed by atoms with Crippen LogP contribution < -0.4 is 10.0 Å². The number of carbonyl (C=O) groups excluding carboxylic acids is 1. The van der Waals surface area contributed by atoms with Gasteiger partial charge in [0.15, 0.2) is 5.78 Å². The van der Waals surface area contributed by atoms with Crippen molar-refractivity contribution >= 4 is 21.7 Å². The summed E-state index contributed by atoms with van der Waals surface area (Å²) in [5.74, 6) is 0.462. The summed E-state index contributed by atoms with van der Waals surface area (Å²) < 4.78 is 34.7. The van der Waals surface area contributed by atoms with E-state index in [1.165, 1.54) is 0 Å². The van der Waals surface area contributed by atoms with E-state index in [0.717, 1.165) is 42.4 Å². The molecule has 2 aliphatic rings. The monoisotopic (exact) mass is 536 g/mol. The van der Waals surface area contributed by atoms with E-state index in [-0.39, 0.29) is 29.0 Å². The molecular formula is C29H36N4O4S. The smallest absolute Gasteiger partial charge is 0.264 e. The second kappa shape index (κ2) is 10.6. The topological polar surface area (TPSA) is 105 Å². The molecule has 2 heterocycles. The fourth-order valence-electron chi connectivity index (χ4n) is 5.79. The molecule has 1 aromatic heterocycles. The van der Waals surface area contributed by atoms with Crippen LogP contribution in [0.4, 0.5) is 5.88 Å². The third-order valence-electron chi connectivity index (χ3n) is 7.98. The lowest BCUT2D eigenvalue weighted by atomic mass is 9.95. The summed E-state index contributed by atoms with van der Waals surface area (Å²) in [6, 6.07) is 13.4. The number of Topliss-reactive ketones (excluding diaryl/α,β-unsaturated/α-hetero) is 1. The molecule has 0 amide bonds. The van der Waals surface area contributed by atoms with E-state index in [1.807, 2.05) is 18.2 Å². The summed E-state index contributed by atoms with van der Waals surface area (Å²) in [6.45, 7) is 8.40. The Kier molecular flexibility index (Phi) is 7.44. The Morgan fingerprint density at radius 1 is 1.13 bits per heavy atom. The average Bonchev–Trinajstić information content (AvgIpc) is 3.31. The van der Waals surface area contributed by atoms with E-state index in [1.54, 1.807) is 26.0 Å². The number of ketones is 1. The molecule has 38 heavy (non-hydrogen) atoms. The number of anilines is 1. The van der Waals surface area contributed by atoms with Crippen LogP contribution in [0.2, 0.25) is 0 Å². The van der Waals surface area contributed by atoms with Crippen LogP contribution in [-0.4, -0.2) is 42.5 Å². The molecule has 1 saturated carbocycles. The zero-order valence-corrected chi connectivity index (χ0v) is 23.3. The van der Waals surface area contributed by atoms with Crippen LogP contribution in [-0.2, 0) is 27.8 Å². The number of aryl methyl sites for hydroxylation is 2. The van der Waals surface area contributed by atoms with Crippen LogP contribution in [0.3, 0.4) is 0 Å². The summed E-state index contributed by atoms with van der Waals surface area (Å²) >= 11 is 0. The predicted octanol–water partition coefficient (Wildman–Crippen LogP) is 4.95. The number of aromatic nitrogens is 1. The second-order valence-electron chi connectivity index (χ2n) is 10.4. The third kappa shape index (κ3) is 5.02. The van der Waals surface area contributed by atoms with Crippen LogP contribution in [0, 0.1) is 13.8 Å². The molecule has 3 aromatic rings. The maximum Gasteiger partial charge on any atom is 0.264 e. The van der Waals surface area contributed by atoms with Crippen LogP contribution in [0.25, 0.3) is 11.1 Å². The lowest BCUT2D eigenvalue weighted by molar-refractivity contribution is -0.123. The van der Waals surface area contributed by atoms with E-state index < -0.39 is 10.0 Å². The van der Waals surface area contributed by atoms with Gasteiger partial charge in [0.25, 0.3) is 10.0 Å². The van der Waals surface area contributed by atoms with Gasteiger partial charge in [-0.15, -0.1) is 0 Å². The van der Waals surface area contributed by atoms with Gasteiger partial charge in [-0.3, -0.25) is 15.0 Å². The van der Waals surface area contributed by atoms with Gasteiger partial charge in [-0.25, -0.2) is 13.1 Å². The van der Waals surface area contributed by atoms with E-state index in [2.05, 4.69) is 46.1 Å². The van der Waals surface area contributed by atoms with Gasteiger partial charge in [-0.1, -0.05) is 54.9 Å². The van der Waals surface area contributed by atoms with Gasteiger partial charge >= 0.3 is 0 Å². The van der Waals surface area contributed by atoms with Crippen molar-refractivity contribution in [1.82, 2.24) is 15.4 Å². The molecule has 9 heteroatoms. The van der Waals surface area contributed by atoms with Gasteiger partial charge in [-0.2, -0.15) is 0 Å². The fourth-order valence-corrected chi connectivity index (χ4v) is 7.06. The molecule has 8 nitrogen and oxygen atoms in total. The van der Waals surface area contributed by atoms with E-state index in [4.69, 9.17) is 4.52 Å². The summed E-state index contributed by atoms with van der Waals surface area (Å²) in [7, 11) is -3.92. The molecule has 2 aromatic carbocycles. The minimum Gasteiger partial charge on any atom is -0.337 e. The molecular weight excluding hydrogens is 500 g/mol. The first-order valence-corrected chi connectivity index (χ1v) is 14.9. The molecule has 5 rings (SSSR count). The van der Waals surface area contributed by atoms with Crippen molar-refractivity contribution < 1.29 is 17.7 Å². The highest BCUT2D eigenvalue weighted by Gasteiger charge is 2.43. The summed E-state index contributed by atoms with van der Waals surface area (Å²) in [5.41, 5.74) is 4.97. The molecule has 3 unspecified atom stereocenters. The molecule has 2 N–H and O–H groups in total. The molecule has 1 saturated heterocycles. The van der Waals surface area contributed by atoms with E-state index in [0.29, 0.717) is 35.6 Å². The average molecular weight is 537 g/mol. The number of fused-ring (bicyclic) bond motifs is 1. The van der Waals surface area contributed by atoms with Crippen molar-refractivity contribution in [1.29, 1.82) is 0 Å². The number of hydrogen-bond acceptors (Lipinski definition) is 7. The Bertz CT molecular complexity index is 1450. The first-order valence-electron chi connectivity index (χ1n) is 13.4. The largest absolute Gasteiger partial charge is 0.337 e. The van der Waals surface area contributed by atoms with Crippen LogP contribution in [0.15, 0.2) is 51.9 Å². The highest BCUT2D eigenvalue weighted by molar-refractivity contribution is 7.92. The number of carbonyl (C=O) groups is 1. The second-order valence-corrected chi connectivity index (χ2v) is 12.1. The lowest BCUT2D eigenvalue weighted by Crippen LogP contribution is -2.42. The van der Waals surface area contributed by atoms with Gasteiger partial charge in [0, 0.05) is 30.1 Å². The lowest BCUT2D eigenvalue weighted by Gasteiger charge is -2.27. The SMILES string of the molecule is CCc1cc(CN2C(C)NC3CCCCC(=O)C32)ccc1-c1ccccc1S(=O)(=O)Nc1onc(C)c1C. The highest BCUT2D eigenvalue weighted by atomic mass is 32.2. The zero-order valence-electron chi connectivity index (χ0n) is 22.5. The molecule has 0 radical (unpaired) electrons. The molecule has 202 valence electrons. The number of hydrogen-bond donors (Lipinski definition) is 2. The van der Waals surface area contributed by atoms with Crippen molar-refractivity contribution in [2.75, 3.05) is 4.72 Å². The first-order chi connectivity index (χ1) is 18.2. The highest BCUT2D eigenvalue weighted by Crippen LogP contribution is 2.34. The van der Waals surface area contributed by atoms with E-state index in [9.17, 15) is 13.2 Å². The molecule has 0 spiro atoms. The number of nitrogens with one attached hydrogen (secondary N) is 2. The van der Waals surface area contributed by atoms with E-state index >= 15 is 0 Å². The van der Waals surface area contributed by atoms with Gasteiger partial charge in [0.05, 0.1) is 22.8 Å². The summed E-state index contributed by atoms with van der Waals surface area (Å²) in [5, 5.41) is 7.49. The first kappa shape index (κ1) is 26.6. The van der Waals surface area contributed by atoms with Gasteiger partial charge < -0.3 is 4.52 Å². The molecule has 2 fully saturated rings. The Morgan fingerprint density at radius 3 is 2.66 bits per heavy atom. The normalized spacial score (nSPS) is 22.3. The zero-order chi connectivity index (χ0) is 27.0. The van der Waals surface area contributed by atoms with Gasteiger partial charge in [0.1, 0.15) is 0 Å². The number of sulfonamides is 1. The summed E-state index contributed by atoms with van der Waals surface area (Å²) in [4.78, 5) is 15.4. The summed E-state index contributed by atoms with van der Waals surface area (Å²) in [6.07, 6.45) is 4.60. The van der Waals surface area contributed by atoms with Crippen molar-refractivity contribution in [3.05, 3.63) is 64.8 Å². The van der Waals surface area contributed by atoms with Crippen molar-refractivity contribution in [2.45, 2.75) is 89.5 Å². The van der Waals surface area contributed by atoms with Crippen molar-refractivity contribution in [3.63, 3.8) is 0 Å². The van der Waals surface area contributed by atoms with Crippen LogP contribution in [0.1, 0.15) is 61.9 Å². The predicted molar refractivity (Wildman–Crippen MR) is 147 cm³/mol. The minimum atomic E-state index is -3.92. The number of nitrogens with zero attached hydrogens (tertiary/aromatic N) is 2. The Balaban J connectivity index is 1.45. The quantitative estimate of drug-likeness (QED) is 0.440. The molecule has 1 aliphatic heterocycles. The Morgan fingerprint density at radius 2 is 1.92 bits per heavy atom. The van der Waals surface area contributed by atoms with Crippen molar-refractivity contribution in [3.8, 4) is 11.1 Å². The Labute approximate surface area is 224 Å². The maximum atomic E-state index is 13.4. The molecule has 3 atom stereocenters. The Hall–Kier alpha value is -3.01. The van der Waals surface area contributed by atoms with Crippen LogP contribution in [0.5, 0.6) is 0 Å². The van der Waals surface area contributed by atoms with Crippen LogP contribution >= 0.6 is 0 Å². The van der Waals surface area contributed by atoms with Crippen molar-refractivity contribution in [2.24, 2.45) is 0 Å². The fraction of sp³-hybridized carbons (Fsp3) is 0.448. The third-order valence-corrected chi connectivity index (χ3v) is 9.37.